The van der Waals surface area contributed by atoms with Gasteiger partial charge in [0.2, 0.25) is 5.11 Å². The van der Waals surface area contributed by atoms with Gasteiger partial charge < -0.3 is 5.11 Å². The molecule has 1 aliphatic heterocycles. The van der Waals surface area contributed by atoms with Crippen LogP contribution in [0.5, 0.6) is 0 Å². The van der Waals surface area contributed by atoms with Crippen LogP contribution in [0.1, 0.15) is 0 Å². The van der Waals surface area contributed by atoms with Gasteiger partial charge in [-0.3, -0.25) is 10.4 Å². The van der Waals surface area contributed by atoms with Gasteiger partial charge in [-0.15, -0.1) is 0 Å². The van der Waals surface area contributed by atoms with Crippen molar-refractivity contribution in [3.8, 4) is 0 Å². The number of aliphatic hydroxyl groups excluding tert-OH is 1. The molecule has 0 fully saturated rings. The van der Waals surface area contributed by atoms with Crippen LogP contribution in [0, 0.1) is 0 Å². The fourth-order valence-corrected chi connectivity index (χ4v) is 0.570. The van der Waals surface area contributed by atoms with Crippen LogP contribution in [0.4, 0.5) is 0 Å². The van der Waals surface area contributed by atoms with E-state index in [1.807, 2.05) is 0 Å². The van der Waals surface area contributed by atoms with E-state index in [1.165, 1.54) is 6.21 Å². The van der Waals surface area contributed by atoms with Gasteiger partial charge in [-0.2, -0.15) is 5.10 Å². The third-order valence-corrected chi connectivity index (χ3v) is 1.19. The second kappa shape index (κ2) is 2.26. The van der Waals surface area contributed by atoms with Crippen molar-refractivity contribution in [1.29, 1.82) is 0 Å². The van der Waals surface area contributed by atoms with E-state index >= 15 is 0 Å². The first-order valence-corrected chi connectivity index (χ1v) is 2.68. The molecule has 1 unspecified atom stereocenters. The summed E-state index contributed by atoms with van der Waals surface area (Å²) in [5.74, 6) is 5.21. The van der Waals surface area contributed by atoms with E-state index < -0.39 is 6.23 Å². The SMILES string of the molecule is NN1C(=S)NN=CC1O. The molecule has 1 heterocycles. The summed E-state index contributed by atoms with van der Waals surface area (Å²) in [7, 11) is 0. The van der Waals surface area contributed by atoms with Crippen LogP contribution in [-0.2, 0) is 0 Å². The molecule has 6 heteroatoms. The largest absolute Gasteiger partial charge is 0.367 e. The van der Waals surface area contributed by atoms with Crippen molar-refractivity contribution >= 4 is 23.5 Å². The quantitative estimate of drug-likeness (QED) is 0.282. The van der Waals surface area contributed by atoms with Gasteiger partial charge >= 0.3 is 0 Å². The molecule has 0 aromatic heterocycles. The zero-order valence-electron chi connectivity index (χ0n) is 4.48. The van der Waals surface area contributed by atoms with Crippen molar-refractivity contribution < 1.29 is 5.11 Å². The average Bonchev–Trinajstić information content (AvgIpc) is 1.83. The highest BCUT2D eigenvalue weighted by Crippen LogP contribution is 1.91. The Hall–Kier alpha value is -0.720. The van der Waals surface area contributed by atoms with Gasteiger partial charge in [-0.25, -0.2) is 5.84 Å². The second-order valence-corrected chi connectivity index (χ2v) is 1.90. The maximum absolute atomic E-state index is 8.87. The topological polar surface area (TPSA) is 73.9 Å². The Labute approximate surface area is 57.1 Å². The van der Waals surface area contributed by atoms with E-state index in [-0.39, 0.29) is 5.11 Å². The molecule has 0 aromatic carbocycles. The smallest absolute Gasteiger partial charge is 0.206 e. The number of thiocarbonyl (C=S) groups is 1. The fourth-order valence-electron chi connectivity index (χ4n) is 0.409. The molecular formula is C3H6N4OS. The number of hydrogen-bond donors (Lipinski definition) is 3. The highest BCUT2D eigenvalue weighted by atomic mass is 32.1. The number of hydrazone groups is 1. The van der Waals surface area contributed by atoms with Crippen LogP contribution >= 0.6 is 12.2 Å². The first kappa shape index (κ1) is 6.40. The zero-order valence-corrected chi connectivity index (χ0v) is 5.30. The molecule has 0 aromatic rings. The molecule has 1 aliphatic rings. The van der Waals surface area contributed by atoms with Crippen molar-refractivity contribution in [3.05, 3.63) is 0 Å². The van der Waals surface area contributed by atoms with E-state index in [0.29, 0.717) is 0 Å². The van der Waals surface area contributed by atoms with Crippen molar-refractivity contribution in [2.75, 3.05) is 0 Å². The van der Waals surface area contributed by atoms with Crippen LogP contribution in [0.3, 0.4) is 0 Å². The summed E-state index contributed by atoms with van der Waals surface area (Å²) in [6.07, 6.45) is 0.342. The summed E-state index contributed by atoms with van der Waals surface area (Å²) in [6, 6.07) is 0. The summed E-state index contributed by atoms with van der Waals surface area (Å²) in [5.41, 5.74) is 2.40. The molecule has 1 rings (SSSR count). The predicted molar refractivity (Wildman–Crippen MR) is 36.3 cm³/mol. The Bertz CT molecular complexity index is 158. The van der Waals surface area contributed by atoms with E-state index in [0.717, 1.165) is 5.01 Å². The van der Waals surface area contributed by atoms with Crippen molar-refractivity contribution in [2.45, 2.75) is 6.23 Å². The molecule has 0 amide bonds. The molecule has 0 saturated carbocycles. The van der Waals surface area contributed by atoms with E-state index in [9.17, 15) is 0 Å². The van der Waals surface area contributed by atoms with Crippen LogP contribution in [0.15, 0.2) is 5.10 Å². The lowest BCUT2D eigenvalue weighted by atomic mass is 10.6. The van der Waals surface area contributed by atoms with Gasteiger partial charge in [0.1, 0.15) is 0 Å². The molecule has 9 heavy (non-hydrogen) atoms. The lowest BCUT2D eigenvalue weighted by Gasteiger charge is -2.24. The van der Waals surface area contributed by atoms with E-state index in [4.69, 9.17) is 10.9 Å². The van der Waals surface area contributed by atoms with E-state index in [2.05, 4.69) is 22.7 Å². The summed E-state index contributed by atoms with van der Waals surface area (Å²) in [6.45, 7) is 0. The van der Waals surface area contributed by atoms with Gasteiger partial charge in [0.25, 0.3) is 0 Å². The number of rotatable bonds is 0. The fraction of sp³-hybridized carbons (Fsp3) is 0.333. The summed E-state index contributed by atoms with van der Waals surface area (Å²) in [5, 5.41) is 13.6. The van der Waals surface area contributed by atoms with Crippen molar-refractivity contribution in [2.24, 2.45) is 10.9 Å². The van der Waals surface area contributed by atoms with Gasteiger partial charge in [0.05, 0.1) is 6.21 Å². The molecule has 0 radical (unpaired) electrons. The maximum Gasteiger partial charge on any atom is 0.206 e. The van der Waals surface area contributed by atoms with Crippen LogP contribution < -0.4 is 11.3 Å². The molecule has 0 aliphatic carbocycles. The highest BCUT2D eigenvalue weighted by molar-refractivity contribution is 7.80. The summed E-state index contributed by atoms with van der Waals surface area (Å²) in [4.78, 5) is 0. The lowest BCUT2D eigenvalue weighted by Crippen LogP contribution is -2.53. The van der Waals surface area contributed by atoms with Gasteiger partial charge in [-0.1, -0.05) is 0 Å². The number of hydrogen-bond acceptors (Lipinski definition) is 4. The predicted octanol–water partition coefficient (Wildman–Crippen LogP) is -1.65. The molecule has 5 nitrogen and oxygen atoms in total. The van der Waals surface area contributed by atoms with Crippen molar-refractivity contribution in [3.63, 3.8) is 0 Å². The van der Waals surface area contributed by atoms with Crippen LogP contribution in [0.2, 0.25) is 0 Å². The summed E-state index contributed by atoms with van der Waals surface area (Å²) >= 11 is 4.62. The minimum Gasteiger partial charge on any atom is -0.367 e. The molecular weight excluding hydrogens is 140 g/mol. The lowest BCUT2D eigenvalue weighted by molar-refractivity contribution is 0.113. The highest BCUT2D eigenvalue weighted by Gasteiger charge is 2.15. The molecule has 50 valence electrons. The van der Waals surface area contributed by atoms with Gasteiger partial charge in [-0.05, 0) is 12.2 Å². The average molecular weight is 146 g/mol. The third-order valence-electron chi connectivity index (χ3n) is 0.888. The summed E-state index contributed by atoms with van der Waals surface area (Å²) < 4.78 is 0. The number of aliphatic hydroxyl groups is 1. The number of nitrogens with zero attached hydrogens (tertiary/aromatic N) is 2. The molecule has 0 spiro atoms. The second-order valence-electron chi connectivity index (χ2n) is 1.52. The Morgan fingerprint density at radius 1 is 2.00 bits per heavy atom. The molecule has 4 N–H and O–H groups in total. The van der Waals surface area contributed by atoms with E-state index in [1.54, 1.807) is 0 Å². The van der Waals surface area contributed by atoms with Crippen molar-refractivity contribution in [1.82, 2.24) is 10.4 Å². The Morgan fingerprint density at radius 2 is 2.67 bits per heavy atom. The monoisotopic (exact) mass is 146 g/mol. The Kier molecular flexibility index (Phi) is 1.60. The van der Waals surface area contributed by atoms with Gasteiger partial charge in [0, 0.05) is 0 Å². The Balaban J connectivity index is 2.69. The first-order chi connectivity index (χ1) is 4.22. The minimum absolute atomic E-state index is 0.213. The minimum atomic E-state index is -0.904. The van der Waals surface area contributed by atoms with Gasteiger partial charge in [0.15, 0.2) is 6.23 Å². The third kappa shape index (κ3) is 1.15. The number of hydrazine groups is 1. The number of nitrogens with one attached hydrogen (secondary N) is 1. The molecule has 0 bridgehead atoms. The maximum atomic E-state index is 8.87. The normalized spacial score (nSPS) is 26.2. The molecule has 1 atom stereocenters. The molecule has 0 saturated heterocycles. The zero-order chi connectivity index (χ0) is 6.85. The van der Waals surface area contributed by atoms with Crippen LogP contribution in [-0.4, -0.2) is 27.7 Å². The standard InChI is InChI=1S/C3H6N4OS/c4-7-2(8)1-5-6-3(7)9/h1-2,8H,4H2,(H,6,9). The Morgan fingerprint density at radius 3 is 3.11 bits per heavy atom. The van der Waals surface area contributed by atoms with Crippen LogP contribution in [0.25, 0.3) is 0 Å². The number of nitrogens with two attached hydrogens (primary N) is 1. The first-order valence-electron chi connectivity index (χ1n) is 2.27.